The van der Waals surface area contributed by atoms with Crippen molar-refractivity contribution < 1.29 is 27.7 Å². The molecule has 9 nitrogen and oxygen atoms in total. The Bertz CT molecular complexity index is 1020. The second-order valence-electron chi connectivity index (χ2n) is 5.63. The molecule has 0 aliphatic rings. The second-order valence-corrected chi connectivity index (χ2v) is 7.65. The Morgan fingerprint density at radius 2 is 1.85 bits per heavy atom. The molecule has 2 aromatic rings. The van der Waals surface area contributed by atoms with Gasteiger partial charge in [-0.15, -0.1) is 0 Å². The van der Waals surface area contributed by atoms with Crippen molar-refractivity contribution in [1.82, 2.24) is 0 Å². The van der Waals surface area contributed by atoms with Gasteiger partial charge in [-0.25, -0.2) is 13.2 Å². The van der Waals surface area contributed by atoms with Crippen molar-refractivity contribution in [2.24, 2.45) is 0 Å². The fourth-order valence-electron chi connectivity index (χ4n) is 2.21. The molecule has 1 N–H and O–H groups in total. The quantitative estimate of drug-likeness (QED) is 0.452. The molecule has 2 aromatic carbocycles. The van der Waals surface area contributed by atoms with Crippen LogP contribution in [0.25, 0.3) is 0 Å². The molecule has 0 aliphatic carbocycles. The van der Waals surface area contributed by atoms with E-state index in [0.717, 1.165) is 12.3 Å². The summed E-state index contributed by atoms with van der Waals surface area (Å²) in [5.41, 5.74) is 0.326. The molecule has 0 spiro atoms. The average molecular weight is 392 g/mol. The highest BCUT2D eigenvalue weighted by Crippen LogP contribution is 2.24. The first-order valence-corrected chi connectivity index (χ1v) is 9.50. The molecule has 0 saturated heterocycles. The molecule has 0 aromatic heterocycles. The third kappa shape index (κ3) is 5.11. The lowest BCUT2D eigenvalue weighted by atomic mass is 10.1. The van der Waals surface area contributed by atoms with Gasteiger partial charge in [-0.3, -0.25) is 14.9 Å². The molecule has 27 heavy (non-hydrogen) atoms. The van der Waals surface area contributed by atoms with Gasteiger partial charge in [0.05, 0.1) is 26.6 Å². The number of nitrogens with one attached hydrogen (secondary N) is 1. The number of ether oxygens (including phenoxy) is 1. The Hall–Kier alpha value is -3.27. The SMILES string of the molecule is Cc1c(NC(=O)COC(=O)c2cccc(S(C)(=O)=O)c2)cccc1[N+](=O)[O-]. The van der Waals surface area contributed by atoms with E-state index in [0.29, 0.717) is 0 Å². The molecule has 0 atom stereocenters. The van der Waals surface area contributed by atoms with E-state index in [1.54, 1.807) is 0 Å². The van der Waals surface area contributed by atoms with Crippen molar-refractivity contribution in [3.05, 3.63) is 63.7 Å². The Morgan fingerprint density at radius 3 is 2.48 bits per heavy atom. The van der Waals surface area contributed by atoms with Gasteiger partial charge < -0.3 is 10.1 Å². The van der Waals surface area contributed by atoms with Crippen molar-refractivity contribution in [1.29, 1.82) is 0 Å². The molecule has 0 fully saturated rings. The summed E-state index contributed by atoms with van der Waals surface area (Å²) in [6.45, 7) is 0.848. The van der Waals surface area contributed by atoms with Crippen LogP contribution in [0.2, 0.25) is 0 Å². The zero-order valence-corrected chi connectivity index (χ0v) is 15.3. The zero-order chi connectivity index (χ0) is 20.2. The molecule has 0 heterocycles. The van der Waals surface area contributed by atoms with Crippen LogP contribution in [0.15, 0.2) is 47.4 Å². The lowest BCUT2D eigenvalue weighted by Gasteiger charge is -2.09. The van der Waals surface area contributed by atoms with Crippen molar-refractivity contribution in [2.75, 3.05) is 18.2 Å². The predicted molar refractivity (Wildman–Crippen MR) is 96.3 cm³/mol. The van der Waals surface area contributed by atoms with Crippen molar-refractivity contribution in [3.63, 3.8) is 0 Å². The first-order valence-electron chi connectivity index (χ1n) is 7.60. The van der Waals surface area contributed by atoms with Crippen LogP contribution in [0.4, 0.5) is 11.4 Å². The Labute approximate surface area is 155 Å². The van der Waals surface area contributed by atoms with Gasteiger partial charge in [0.15, 0.2) is 16.4 Å². The van der Waals surface area contributed by atoms with E-state index >= 15 is 0 Å². The summed E-state index contributed by atoms with van der Waals surface area (Å²) in [6.07, 6.45) is 1.01. The minimum Gasteiger partial charge on any atom is -0.452 e. The molecule has 0 bridgehead atoms. The highest BCUT2D eigenvalue weighted by atomic mass is 32.2. The number of rotatable bonds is 6. The van der Waals surface area contributed by atoms with Gasteiger partial charge in [-0.2, -0.15) is 0 Å². The maximum absolute atomic E-state index is 12.0. The smallest absolute Gasteiger partial charge is 0.338 e. The number of benzene rings is 2. The number of nitro groups is 1. The number of nitro benzene ring substituents is 1. The van der Waals surface area contributed by atoms with Gasteiger partial charge in [0.1, 0.15) is 0 Å². The largest absolute Gasteiger partial charge is 0.452 e. The third-order valence-electron chi connectivity index (χ3n) is 3.61. The third-order valence-corrected chi connectivity index (χ3v) is 4.72. The molecular weight excluding hydrogens is 376 g/mol. The second kappa shape index (κ2) is 7.96. The molecule has 0 saturated carbocycles. The summed E-state index contributed by atoms with van der Waals surface area (Å²) in [6, 6.07) is 9.45. The van der Waals surface area contributed by atoms with Crippen molar-refractivity contribution >= 4 is 33.1 Å². The fourth-order valence-corrected chi connectivity index (χ4v) is 2.88. The zero-order valence-electron chi connectivity index (χ0n) is 14.5. The number of esters is 1. The Kier molecular flexibility index (Phi) is 5.91. The molecule has 1 amide bonds. The average Bonchev–Trinajstić information content (AvgIpc) is 2.60. The summed E-state index contributed by atoms with van der Waals surface area (Å²) < 4.78 is 27.9. The lowest BCUT2D eigenvalue weighted by molar-refractivity contribution is -0.385. The summed E-state index contributed by atoms with van der Waals surface area (Å²) in [4.78, 5) is 34.3. The van der Waals surface area contributed by atoms with Crippen molar-refractivity contribution in [2.45, 2.75) is 11.8 Å². The number of anilines is 1. The van der Waals surface area contributed by atoms with E-state index in [1.165, 1.54) is 43.3 Å². The molecule has 2 rings (SSSR count). The van der Waals surface area contributed by atoms with Crippen molar-refractivity contribution in [3.8, 4) is 0 Å². The van der Waals surface area contributed by atoms with Crippen LogP contribution in [0, 0.1) is 17.0 Å². The van der Waals surface area contributed by atoms with Crippen LogP contribution >= 0.6 is 0 Å². The molecule has 0 aliphatic heterocycles. The van der Waals surface area contributed by atoms with Gasteiger partial charge in [-0.05, 0) is 31.2 Å². The minimum absolute atomic E-state index is 0.0164. The topological polar surface area (TPSA) is 133 Å². The maximum Gasteiger partial charge on any atom is 0.338 e. The number of carbonyl (C=O) groups is 2. The van der Waals surface area contributed by atoms with Crippen LogP contribution in [-0.4, -0.2) is 38.1 Å². The molecule has 0 unspecified atom stereocenters. The molecule has 0 radical (unpaired) electrons. The monoisotopic (exact) mass is 392 g/mol. The number of hydrogen-bond acceptors (Lipinski definition) is 7. The first kappa shape index (κ1) is 20.0. The molecule has 10 heteroatoms. The Morgan fingerprint density at radius 1 is 1.19 bits per heavy atom. The first-order chi connectivity index (χ1) is 12.6. The number of carbonyl (C=O) groups excluding carboxylic acids is 2. The normalized spacial score (nSPS) is 10.9. The van der Waals surface area contributed by atoms with E-state index < -0.39 is 33.2 Å². The van der Waals surface area contributed by atoms with Crippen LogP contribution < -0.4 is 5.32 Å². The summed E-state index contributed by atoms with van der Waals surface area (Å²) in [5.74, 6) is -1.56. The molecular formula is C17H16N2O7S. The number of amides is 1. The molecule has 142 valence electrons. The van der Waals surface area contributed by atoms with Gasteiger partial charge in [0, 0.05) is 12.3 Å². The van der Waals surface area contributed by atoms with Crippen LogP contribution in [-0.2, 0) is 19.4 Å². The minimum atomic E-state index is -3.49. The Balaban J connectivity index is 2.03. The van der Waals surface area contributed by atoms with Gasteiger partial charge in [0.25, 0.3) is 11.6 Å². The summed E-state index contributed by atoms with van der Waals surface area (Å²) in [5, 5.41) is 13.3. The summed E-state index contributed by atoms with van der Waals surface area (Å²) >= 11 is 0. The fraction of sp³-hybridized carbons (Fsp3) is 0.176. The van der Waals surface area contributed by atoms with E-state index in [2.05, 4.69) is 5.32 Å². The lowest BCUT2D eigenvalue weighted by Crippen LogP contribution is -2.21. The van der Waals surface area contributed by atoms with Crippen LogP contribution in [0.1, 0.15) is 15.9 Å². The number of hydrogen-bond donors (Lipinski definition) is 1. The predicted octanol–water partition coefficient (Wildman–Crippen LogP) is 2.10. The number of sulfone groups is 1. The maximum atomic E-state index is 12.0. The van der Waals surface area contributed by atoms with Crippen LogP contribution in [0.3, 0.4) is 0 Å². The van der Waals surface area contributed by atoms with Gasteiger partial charge >= 0.3 is 5.97 Å². The van der Waals surface area contributed by atoms with E-state index in [-0.39, 0.29) is 27.4 Å². The van der Waals surface area contributed by atoms with E-state index in [1.807, 2.05) is 0 Å². The highest BCUT2D eigenvalue weighted by Gasteiger charge is 2.17. The highest BCUT2D eigenvalue weighted by molar-refractivity contribution is 7.90. The van der Waals surface area contributed by atoms with E-state index in [9.17, 15) is 28.1 Å². The number of nitrogens with zero attached hydrogens (tertiary/aromatic N) is 1. The summed E-state index contributed by atoms with van der Waals surface area (Å²) in [7, 11) is -3.49. The van der Waals surface area contributed by atoms with Gasteiger partial charge in [0.2, 0.25) is 0 Å². The standard InChI is InChI=1S/C17H16N2O7S/c1-11-14(7-4-8-15(11)19(22)23)18-16(20)10-26-17(21)12-5-3-6-13(9-12)27(2,24)25/h3-9H,10H2,1-2H3,(H,18,20). The van der Waals surface area contributed by atoms with E-state index in [4.69, 9.17) is 4.74 Å². The van der Waals surface area contributed by atoms with Gasteiger partial charge in [-0.1, -0.05) is 12.1 Å². The van der Waals surface area contributed by atoms with Crippen LogP contribution in [0.5, 0.6) is 0 Å².